The molecule has 2 atom stereocenters. The molecule has 68 valence electrons. The Morgan fingerprint density at radius 3 is 2.92 bits per heavy atom. The fourth-order valence-corrected chi connectivity index (χ4v) is 2.43. The summed E-state index contributed by atoms with van der Waals surface area (Å²) in [6.45, 7) is 0. The molecule has 1 aromatic rings. The van der Waals surface area contributed by atoms with E-state index in [2.05, 4.69) is 27.2 Å². The number of aryl methyl sites for hydroxylation is 1. The molecule has 0 amide bonds. The highest BCUT2D eigenvalue weighted by Crippen LogP contribution is 2.36. The molecule has 0 bridgehead atoms. The average molecular weight is 240 g/mol. The van der Waals surface area contributed by atoms with E-state index in [1.807, 2.05) is 18.2 Å². The number of fused-ring (bicyclic) bond motifs is 1. The van der Waals surface area contributed by atoms with Gasteiger partial charge in [-0.05, 0) is 24.0 Å². The van der Waals surface area contributed by atoms with Gasteiger partial charge >= 0.3 is 0 Å². The fourth-order valence-electron chi connectivity index (χ4n) is 1.82. The number of rotatable bonds is 1. The first-order valence-electron chi connectivity index (χ1n) is 4.37. The van der Waals surface area contributed by atoms with E-state index in [0.717, 1.165) is 18.4 Å². The van der Waals surface area contributed by atoms with Crippen molar-refractivity contribution in [2.24, 2.45) is 5.18 Å². The van der Waals surface area contributed by atoms with Gasteiger partial charge in [0.15, 0.2) is 0 Å². The summed E-state index contributed by atoms with van der Waals surface area (Å²) in [5.41, 5.74) is 2.36. The molecule has 0 aliphatic heterocycles. The molecule has 3 heteroatoms. The molecule has 0 saturated carbocycles. The van der Waals surface area contributed by atoms with Gasteiger partial charge < -0.3 is 0 Å². The van der Waals surface area contributed by atoms with Crippen molar-refractivity contribution in [3.05, 3.63) is 40.3 Å². The van der Waals surface area contributed by atoms with Gasteiger partial charge in [-0.25, -0.2) is 0 Å². The van der Waals surface area contributed by atoms with E-state index in [0.29, 0.717) is 0 Å². The molecule has 0 saturated heterocycles. The first-order valence-corrected chi connectivity index (χ1v) is 5.29. The summed E-state index contributed by atoms with van der Waals surface area (Å²) in [7, 11) is 0. The number of hydrogen-bond acceptors (Lipinski definition) is 2. The van der Waals surface area contributed by atoms with Gasteiger partial charge in [-0.1, -0.05) is 45.4 Å². The minimum atomic E-state index is -0.204. The van der Waals surface area contributed by atoms with Crippen LogP contribution in [0.15, 0.2) is 29.4 Å². The van der Waals surface area contributed by atoms with Crippen molar-refractivity contribution in [3.63, 3.8) is 0 Å². The average Bonchev–Trinajstić information content (AvgIpc) is 2.18. The van der Waals surface area contributed by atoms with Crippen LogP contribution in [-0.2, 0) is 6.42 Å². The van der Waals surface area contributed by atoms with Crippen molar-refractivity contribution >= 4 is 15.9 Å². The Labute approximate surface area is 85.4 Å². The fraction of sp³-hybridized carbons (Fsp3) is 0.400. The topological polar surface area (TPSA) is 29.4 Å². The maximum atomic E-state index is 10.7. The molecule has 1 aromatic carbocycles. The maximum Gasteiger partial charge on any atom is 0.130 e. The van der Waals surface area contributed by atoms with Crippen LogP contribution >= 0.6 is 15.9 Å². The lowest BCUT2D eigenvalue weighted by Gasteiger charge is -2.24. The van der Waals surface area contributed by atoms with Crippen molar-refractivity contribution < 1.29 is 0 Å². The number of hydrogen-bond donors (Lipinski definition) is 0. The normalized spacial score (nSPS) is 26.5. The molecule has 13 heavy (non-hydrogen) atoms. The third kappa shape index (κ3) is 1.53. The molecular formula is C10H10BrNO. The van der Waals surface area contributed by atoms with Crippen LogP contribution in [0.25, 0.3) is 0 Å². The summed E-state index contributed by atoms with van der Waals surface area (Å²) >= 11 is 3.49. The minimum Gasteiger partial charge on any atom is -0.150 e. The van der Waals surface area contributed by atoms with Crippen molar-refractivity contribution in [2.45, 2.75) is 23.7 Å². The quantitative estimate of drug-likeness (QED) is 0.547. The molecule has 1 aliphatic rings. The van der Waals surface area contributed by atoms with Gasteiger partial charge in [0.05, 0.1) is 0 Å². The molecule has 2 rings (SSSR count). The van der Waals surface area contributed by atoms with Crippen LogP contribution in [0.4, 0.5) is 0 Å². The largest absolute Gasteiger partial charge is 0.150 e. The van der Waals surface area contributed by atoms with E-state index < -0.39 is 0 Å². The lowest BCUT2D eigenvalue weighted by Crippen LogP contribution is -2.18. The van der Waals surface area contributed by atoms with Crippen molar-refractivity contribution in [2.75, 3.05) is 0 Å². The van der Waals surface area contributed by atoms with Crippen LogP contribution in [-0.4, -0.2) is 4.83 Å². The van der Waals surface area contributed by atoms with Crippen LogP contribution in [0.3, 0.4) is 0 Å². The van der Waals surface area contributed by atoms with Gasteiger partial charge in [0.2, 0.25) is 0 Å². The molecule has 0 heterocycles. The van der Waals surface area contributed by atoms with E-state index in [1.165, 1.54) is 5.56 Å². The van der Waals surface area contributed by atoms with E-state index in [1.54, 1.807) is 0 Å². The first kappa shape index (κ1) is 8.88. The second-order valence-corrected chi connectivity index (χ2v) is 4.48. The molecule has 0 radical (unpaired) electrons. The van der Waals surface area contributed by atoms with Gasteiger partial charge in [0.1, 0.15) is 6.04 Å². The zero-order chi connectivity index (χ0) is 9.26. The van der Waals surface area contributed by atoms with E-state index in [-0.39, 0.29) is 10.9 Å². The second-order valence-electron chi connectivity index (χ2n) is 3.30. The van der Waals surface area contributed by atoms with Gasteiger partial charge in [-0.3, -0.25) is 0 Å². The second kappa shape index (κ2) is 3.58. The minimum absolute atomic E-state index is 0.204. The highest BCUT2D eigenvalue weighted by Gasteiger charge is 2.27. The van der Waals surface area contributed by atoms with E-state index >= 15 is 0 Å². The number of alkyl halides is 1. The predicted octanol–water partition coefficient (Wildman–Crippen LogP) is 3.20. The first-order chi connectivity index (χ1) is 6.33. The molecule has 0 spiro atoms. The number of nitrogens with zero attached hydrogens (tertiary/aromatic N) is 1. The van der Waals surface area contributed by atoms with Gasteiger partial charge in [-0.2, -0.15) is 4.91 Å². The van der Waals surface area contributed by atoms with Gasteiger partial charge in [0.25, 0.3) is 0 Å². The van der Waals surface area contributed by atoms with Crippen LogP contribution < -0.4 is 0 Å². The van der Waals surface area contributed by atoms with Crippen LogP contribution in [0, 0.1) is 4.91 Å². The number of benzene rings is 1. The molecule has 1 aliphatic carbocycles. The molecule has 2 unspecified atom stereocenters. The highest BCUT2D eigenvalue weighted by atomic mass is 79.9. The Balaban J connectivity index is 2.45. The molecule has 2 nitrogen and oxygen atoms in total. The Hall–Kier alpha value is -0.700. The SMILES string of the molecule is O=NC1c2ccccc2CCC1Br. The summed E-state index contributed by atoms with van der Waals surface area (Å²) < 4.78 is 0. The Kier molecular flexibility index (Phi) is 2.44. The number of halogens is 1. The summed E-state index contributed by atoms with van der Waals surface area (Å²) in [6, 6.07) is 7.84. The van der Waals surface area contributed by atoms with Crippen LogP contribution in [0.5, 0.6) is 0 Å². The molecule has 0 N–H and O–H groups in total. The summed E-state index contributed by atoms with van der Waals surface area (Å²) in [6.07, 6.45) is 2.03. The Morgan fingerprint density at radius 1 is 1.38 bits per heavy atom. The van der Waals surface area contributed by atoms with Crippen molar-refractivity contribution in [1.82, 2.24) is 0 Å². The lowest BCUT2D eigenvalue weighted by atomic mass is 9.88. The predicted molar refractivity (Wildman–Crippen MR) is 56.0 cm³/mol. The summed E-state index contributed by atoms with van der Waals surface area (Å²) in [4.78, 5) is 10.9. The Bertz CT molecular complexity index is 326. The highest BCUT2D eigenvalue weighted by molar-refractivity contribution is 9.09. The number of nitroso groups, excluding NO2 is 1. The third-order valence-electron chi connectivity index (χ3n) is 2.52. The molecule has 0 aromatic heterocycles. The maximum absolute atomic E-state index is 10.7. The smallest absolute Gasteiger partial charge is 0.130 e. The van der Waals surface area contributed by atoms with Crippen LogP contribution in [0.1, 0.15) is 23.6 Å². The van der Waals surface area contributed by atoms with Crippen molar-refractivity contribution in [1.29, 1.82) is 0 Å². The Morgan fingerprint density at radius 2 is 2.15 bits per heavy atom. The van der Waals surface area contributed by atoms with Gasteiger partial charge in [-0.15, -0.1) is 0 Å². The molecule has 0 fully saturated rings. The third-order valence-corrected chi connectivity index (χ3v) is 3.48. The van der Waals surface area contributed by atoms with Gasteiger partial charge in [0, 0.05) is 4.83 Å². The monoisotopic (exact) mass is 239 g/mol. The van der Waals surface area contributed by atoms with E-state index in [4.69, 9.17) is 0 Å². The summed E-state index contributed by atoms with van der Waals surface area (Å²) in [5.74, 6) is 0. The van der Waals surface area contributed by atoms with Crippen LogP contribution in [0.2, 0.25) is 0 Å². The zero-order valence-electron chi connectivity index (χ0n) is 7.11. The van der Waals surface area contributed by atoms with E-state index in [9.17, 15) is 4.91 Å². The summed E-state index contributed by atoms with van der Waals surface area (Å²) in [5, 5.41) is 3.17. The lowest BCUT2D eigenvalue weighted by molar-refractivity contribution is 0.593. The molecular weight excluding hydrogens is 230 g/mol. The standard InChI is InChI=1S/C10H10BrNO/c11-9-6-5-7-3-1-2-4-8(7)10(9)12-13/h1-4,9-10H,5-6H2. The zero-order valence-corrected chi connectivity index (χ0v) is 8.70. The van der Waals surface area contributed by atoms with Crippen molar-refractivity contribution in [3.8, 4) is 0 Å².